The third kappa shape index (κ3) is 5.96. The van der Waals surface area contributed by atoms with Crippen LogP contribution in [0.25, 0.3) is 0 Å². The average molecular weight is 502 g/mol. The van der Waals surface area contributed by atoms with Gasteiger partial charge in [-0.05, 0) is 17.2 Å². The Morgan fingerprint density at radius 2 is 1.43 bits per heavy atom. The van der Waals surface area contributed by atoms with Gasteiger partial charge in [0.15, 0.2) is 11.6 Å². The van der Waals surface area contributed by atoms with Crippen molar-refractivity contribution in [2.24, 2.45) is 11.5 Å². The van der Waals surface area contributed by atoms with Gasteiger partial charge in [0.2, 0.25) is 0 Å². The maximum atomic E-state index is 15.3. The highest BCUT2D eigenvalue weighted by atomic mass is 19.1. The number of nitrogens with one attached hydrogen (secondary N) is 2. The normalized spacial score (nSPS) is 12.3. The summed E-state index contributed by atoms with van der Waals surface area (Å²) in [5, 5.41) is 6.18. The molecule has 0 saturated heterocycles. The van der Waals surface area contributed by atoms with E-state index in [0.717, 1.165) is 17.2 Å². The van der Waals surface area contributed by atoms with Crippen LogP contribution < -0.4 is 31.6 Å². The molecule has 190 valence electrons. The molecule has 1 heterocycles. The number of nitrogens with zero attached hydrogens (tertiary/aromatic N) is 1. The number of primary amides is 1. The van der Waals surface area contributed by atoms with E-state index in [2.05, 4.69) is 15.6 Å². The monoisotopic (exact) mass is 501 g/mol. The first-order valence-corrected chi connectivity index (χ1v) is 11.5. The van der Waals surface area contributed by atoms with E-state index in [9.17, 15) is 4.79 Å². The van der Waals surface area contributed by atoms with Crippen molar-refractivity contribution >= 4 is 23.2 Å². The van der Waals surface area contributed by atoms with E-state index in [4.69, 9.17) is 20.9 Å². The minimum atomic E-state index is -0.837. The van der Waals surface area contributed by atoms with Gasteiger partial charge in [-0.1, -0.05) is 60.7 Å². The van der Waals surface area contributed by atoms with Crippen molar-refractivity contribution in [3.63, 3.8) is 0 Å². The molecule has 9 heteroatoms. The lowest BCUT2D eigenvalue weighted by Gasteiger charge is -2.27. The van der Waals surface area contributed by atoms with Crippen molar-refractivity contribution < 1.29 is 18.7 Å². The molecule has 1 aromatic heterocycles. The Labute approximate surface area is 214 Å². The number of halogens is 1. The summed E-state index contributed by atoms with van der Waals surface area (Å²) in [7, 11) is 3.04. The fraction of sp³-hybridized carbons (Fsp3) is 0.143. The van der Waals surface area contributed by atoms with Gasteiger partial charge in [-0.2, -0.15) is 0 Å². The van der Waals surface area contributed by atoms with Crippen LogP contribution in [0.3, 0.4) is 0 Å². The van der Waals surface area contributed by atoms with Crippen molar-refractivity contribution in [1.82, 2.24) is 4.98 Å². The number of carbonyl (C=O) groups excluding carboxylic acids is 1. The fourth-order valence-corrected chi connectivity index (χ4v) is 3.95. The molecule has 0 saturated carbocycles. The largest absolute Gasteiger partial charge is 0.497 e. The fourth-order valence-electron chi connectivity index (χ4n) is 3.95. The molecule has 2 atom stereocenters. The van der Waals surface area contributed by atoms with Gasteiger partial charge in [-0.15, -0.1) is 0 Å². The summed E-state index contributed by atoms with van der Waals surface area (Å²) >= 11 is 0. The van der Waals surface area contributed by atoms with E-state index in [-0.39, 0.29) is 17.2 Å². The number of benzene rings is 3. The molecule has 6 N–H and O–H groups in total. The molecule has 0 aliphatic rings. The topological polar surface area (TPSA) is 125 Å². The summed E-state index contributed by atoms with van der Waals surface area (Å²) in [4.78, 5) is 16.6. The zero-order chi connectivity index (χ0) is 26.4. The Hall–Kier alpha value is -4.63. The second-order valence-electron chi connectivity index (χ2n) is 8.27. The Kier molecular flexibility index (Phi) is 7.85. The molecule has 0 aliphatic carbocycles. The standard InChI is InChI=1S/C28H28FN5O3/c1-36-20-13-19(14-21(15-20)37-2)32-27-22(26(31)35)16-23(29)28(34-27)33-25(18-11-7-4-8-12-18)24(30)17-9-5-3-6-10-17/h3-16,24-25H,30H2,1-2H3,(H2,31,35)(H2,32,33,34)/t24-,25+/m0/s1. The minimum Gasteiger partial charge on any atom is -0.497 e. The van der Waals surface area contributed by atoms with Crippen LogP contribution in [0.4, 0.5) is 21.7 Å². The van der Waals surface area contributed by atoms with Gasteiger partial charge in [-0.25, -0.2) is 9.37 Å². The Morgan fingerprint density at radius 1 is 0.865 bits per heavy atom. The van der Waals surface area contributed by atoms with Crippen LogP contribution in [0, 0.1) is 5.82 Å². The number of rotatable bonds is 10. The minimum absolute atomic E-state index is 0.0619. The number of ether oxygens (including phenoxy) is 2. The molecule has 0 bridgehead atoms. The molecular formula is C28H28FN5O3. The molecule has 8 nitrogen and oxygen atoms in total. The van der Waals surface area contributed by atoms with E-state index in [1.807, 2.05) is 60.7 Å². The summed E-state index contributed by atoms with van der Waals surface area (Å²) < 4.78 is 25.9. The van der Waals surface area contributed by atoms with Gasteiger partial charge in [0.05, 0.1) is 31.9 Å². The number of pyridine rings is 1. The third-order valence-electron chi connectivity index (χ3n) is 5.85. The van der Waals surface area contributed by atoms with Crippen LogP contribution >= 0.6 is 0 Å². The number of anilines is 3. The first-order valence-electron chi connectivity index (χ1n) is 11.5. The molecule has 37 heavy (non-hydrogen) atoms. The van der Waals surface area contributed by atoms with E-state index < -0.39 is 23.8 Å². The maximum Gasteiger partial charge on any atom is 0.252 e. The molecule has 0 unspecified atom stereocenters. The van der Waals surface area contributed by atoms with Crippen molar-refractivity contribution in [2.75, 3.05) is 24.9 Å². The van der Waals surface area contributed by atoms with Gasteiger partial charge in [0.25, 0.3) is 5.91 Å². The quantitative estimate of drug-likeness (QED) is 0.243. The van der Waals surface area contributed by atoms with Crippen molar-refractivity contribution in [3.8, 4) is 11.5 Å². The van der Waals surface area contributed by atoms with E-state index in [0.29, 0.717) is 17.2 Å². The number of methoxy groups -OCH3 is 2. The Balaban J connectivity index is 1.75. The van der Waals surface area contributed by atoms with E-state index >= 15 is 4.39 Å². The Bertz CT molecular complexity index is 1350. The average Bonchev–Trinajstić information content (AvgIpc) is 2.93. The molecule has 0 fully saturated rings. The van der Waals surface area contributed by atoms with Crippen LogP contribution in [0.15, 0.2) is 84.9 Å². The van der Waals surface area contributed by atoms with Crippen molar-refractivity contribution in [1.29, 1.82) is 0 Å². The molecule has 4 rings (SSSR count). The lowest BCUT2D eigenvalue weighted by Crippen LogP contribution is -2.27. The van der Waals surface area contributed by atoms with Gasteiger partial charge in [0, 0.05) is 23.9 Å². The highest BCUT2D eigenvalue weighted by Crippen LogP contribution is 2.33. The molecule has 3 aromatic carbocycles. The number of aromatic nitrogens is 1. The molecule has 0 spiro atoms. The van der Waals surface area contributed by atoms with Crippen molar-refractivity contribution in [3.05, 3.63) is 107 Å². The Morgan fingerprint density at radius 3 is 1.97 bits per heavy atom. The number of nitrogens with two attached hydrogens (primary N) is 2. The first kappa shape index (κ1) is 25.5. The zero-order valence-corrected chi connectivity index (χ0v) is 20.4. The van der Waals surface area contributed by atoms with Gasteiger partial charge >= 0.3 is 0 Å². The van der Waals surface area contributed by atoms with Gasteiger partial charge in [0.1, 0.15) is 17.3 Å². The molecule has 1 amide bonds. The molecular weight excluding hydrogens is 473 g/mol. The summed E-state index contributed by atoms with van der Waals surface area (Å²) in [6, 6.07) is 24.0. The van der Waals surface area contributed by atoms with Gasteiger partial charge < -0.3 is 31.6 Å². The molecule has 0 radical (unpaired) electrons. The van der Waals surface area contributed by atoms with Crippen LogP contribution in [-0.2, 0) is 0 Å². The summed E-state index contributed by atoms with van der Waals surface area (Å²) in [6.45, 7) is 0. The third-order valence-corrected chi connectivity index (χ3v) is 5.85. The van der Waals surface area contributed by atoms with E-state index in [1.54, 1.807) is 18.2 Å². The van der Waals surface area contributed by atoms with Crippen LogP contribution in [0.2, 0.25) is 0 Å². The number of carbonyl (C=O) groups is 1. The maximum absolute atomic E-state index is 15.3. The van der Waals surface area contributed by atoms with Crippen molar-refractivity contribution in [2.45, 2.75) is 12.1 Å². The first-order chi connectivity index (χ1) is 17.9. The highest BCUT2D eigenvalue weighted by molar-refractivity contribution is 5.98. The predicted octanol–water partition coefficient (Wildman–Crippen LogP) is 4.93. The SMILES string of the molecule is COc1cc(Nc2nc(N[C@H](c3ccccc3)[C@@H](N)c3ccccc3)c(F)cc2C(N)=O)cc(OC)c1. The summed E-state index contributed by atoms with van der Waals surface area (Å²) in [6.07, 6.45) is 0. The number of hydrogen-bond acceptors (Lipinski definition) is 7. The second kappa shape index (κ2) is 11.4. The smallest absolute Gasteiger partial charge is 0.252 e. The van der Waals surface area contributed by atoms with Crippen LogP contribution in [-0.4, -0.2) is 25.1 Å². The lowest BCUT2D eigenvalue weighted by molar-refractivity contribution is 0.100. The molecule has 4 aromatic rings. The highest BCUT2D eigenvalue weighted by Gasteiger charge is 2.25. The van der Waals surface area contributed by atoms with E-state index in [1.165, 1.54) is 14.2 Å². The predicted molar refractivity (Wildman–Crippen MR) is 142 cm³/mol. The lowest BCUT2D eigenvalue weighted by atomic mass is 9.94. The van der Waals surface area contributed by atoms with Crippen LogP contribution in [0.5, 0.6) is 11.5 Å². The number of amides is 1. The van der Waals surface area contributed by atoms with Crippen LogP contribution in [0.1, 0.15) is 33.6 Å². The number of hydrogen-bond donors (Lipinski definition) is 4. The molecule has 0 aliphatic heterocycles. The zero-order valence-electron chi connectivity index (χ0n) is 20.4. The second-order valence-corrected chi connectivity index (χ2v) is 8.27. The summed E-state index contributed by atoms with van der Waals surface area (Å²) in [5.74, 6) is -0.587. The summed E-state index contributed by atoms with van der Waals surface area (Å²) in [5.41, 5.74) is 14.3. The van der Waals surface area contributed by atoms with Gasteiger partial charge in [-0.3, -0.25) is 4.79 Å².